The molecule has 1 aromatic rings. The Balaban J connectivity index is 2.88. The summed E-state index contributed by atoms with van der Waals surface area (Å²) < 4.78 is 40.0. The molecular formula is C10H10FN3O6S. The number of hydrogen-bond donors (Lipinski definition) is 3. The summed E-state index contributed by atoms with van der Waals surface area (Å²) in [5.41, 5.74) is 3.92. The van der Waals surface area contributed by atoms with Gasteiger partial charge in [-0.1, -0.05) is 0 Å². The lowest BCUT2D eigenvalue weighted by Gasteiger charge is -2.06. The third-order valence-electron chi connectivity index (χ3n) is 2.08. The number of sulfonamides is 1. The van der Waals surface area contributed by atoms with Crippen LogP contribution in [-0.4, -0.2) is 32.9 Å². The highest BCUT2D eigenvalue weighted by Gasteiger charge is 2.19. The minimum Gasteiger partial charge on any atom is -0.452 e. The molecule has 1 rings (SSSR count). The van der Waals surface area contributed by atoms with Gasteiger partial charge in [-0.05, 0) is 18.2 Å². The van der Waals surface area contributed by atoms with Crippen LogP contribution in [0.4, 0.5) is 9.18 Å². The fraction of sp³-hybridized carbons (Fsp3) is 0.100. The molecule has 0 heterocycles. The van der Waals surface area contributed by atoms with Crippen LogP contribution >= 0.6 is 0 Å². The van der Waals surface area contributed by atoms with Crippen LogP contribution in [0.1, 0.15) is 10.4 Å². The number of ether oxygens (including phenoxy) is 1. The van der Waals surface area contributed by atoms with Crippen LogP contribution in [0.15, 0.2) is 23.1 Å². The van der Waals surface area contributed by atoms with Crippen molar-refractivity contribution in [3.63, 3.8) is 0 Å². The van der Waals surface area contributed by atoms with Gasteiger partial charge < -0.3 is 10.5 Å². The molecule has 0 aromatic heterocycles. The number of carbonyl (C=O) groups excluding carboxylic acids is 3. The maximum Gasteiger partial charge on any atom is 0.341 e. The van der Waals surface area contributed by atoms with Gasteiger partial charge in [0.2, 0.25) is 10.0 Å². The Hall–Kier alpha value is -2.53. The van der Waals surface area contributed by atoms with Gasteiger partial charge in [0, 0.05) is 0 Å². The van der Waals surface area contributed by atoms with Crippen LogP contribution < -0.4 is 16.2 Å². The van der Waals surface area contributed by atoms with Crippen molar-refractivity contribution in [2.45, 2.75) is 4.90 Å². The van der Waals surface area contributed by atoms with E-state index in [1.54, 1.807) is 5.32 Å². The average molecular weight is 319 g/mol. The third-order valence-corrected chi connectivity index (χ3v) is 2.99. The zero-order valence-corrected chi connectivity index (χ0v) is 11.1. The lowest BCUT2D eigenvalue weighted by atomic mass is 10.2. The van der Waals surface area contributed by atoms with Crippen LogP contribution in [0.2, 0.25) is 0 Å². The Morgan fingerprint density at radius 2 is 1.90 bits per heavy atom. The number of primary amides is 1. The van der Waals surface area contributed by atoms with Gasteiger partial charge in [-0.2, -0.15) is 0 Å². The van der Waals surface area contributed by atoms with E-state index < -0.39 is 50.8 Å². The highest BCUT2D eigenvalue weighted by Crippen LogP contribution is 2.15. The van der Waals surface area contributed by atoms with Crippen LogP contribution in [0.5, 0.6) is 0 Å². The molecule has 0 aliphatic carbocycles. The first kappa shape index (κ1) is 16.5. The van der Waals surface area contributed by atoms with Crippen molar-refractivity contribution in [1.82, 2.24) is 5.32 Å². The van der Waals surface area contributed by atoms with E-state index in [-0.39, 0.29) is 0 Å². The maximum absolute atomic E-state index is 13.4. The molecule has 5 N–H and O–H groups in total. The number of benzene rings is 1. The van der Waals surface area contributed by atoms with Crippen LogP contribution in [0.3, 0.4) is 0 Å². The number of urea groups is 1. The zero-order valence-electron chi connectivity index (χ0n) is 10.3. The van der Waals surface area contributed by atoms with E-state index in [9.17, 15) is 27.2 Å². The van der Waals surface area contributed by atoms with Crippen molar-refractivity contribution in [2.24, 2.45) is 10.9 Å². The van der Waals surface area contributed by atoms with E-state index in [1.165, 1.54) is 0 Å². The molecule has 9 nitrogen and oxygen atoms in total. The number of hydrogen-bond acceptors (Lipinski definition) is 6. The molecule has 114 valence electrons. The molecule has 0 radical (unpaired) electrons. The molecule has 0 saturated carbocycles. The minimum absolute atomic E-state index is 0.502. The van der Waals surface area contributed by atoms with Crippen molar-refractivity contribution >= 4 is 27.9 Å². The number of rotatable bonds is 4. The average Bonchev–Trinajstić information content (AvgIpc) is 2.34. The second kappa shape index (κ2) is 6.28. The second-order valence-corrected chi connectivity index (χ2v) is 5.24. The Morgan fingerprint density at radius 3 is 2.43 bits per heavy atom. The Labute approximate surface area is 118 Å². The monoisotopic (exact) mass is 319 g/mol. The van der Waals surface area contributed by atoms with E-state index in [0.717, 1.165) is 6.07 Å². The molecule has 21 heavy (non-hydrogen) atoms. The van der Waals surface area contributed by atoms with Gasteiger partial charge in [0.25, 0.3) is 5.91 Å². The first-order valence-corrected chi connectivity index (χ1v) is 6.74. The number of nitrogens with one attached hydrogen (secondary N) is 1. The molecule has 0 bridgehead atoms. The van der Waals surface area contributed by atoms with Crippen molar-refractivity contribution < 1.29 is 31.9 Å². The molecule has 0 aliphatic heterocycles. The molecule has 11 heteroatoms. The van der Waals surface area contributed by atoms with E-state index >= 15 is 0 Å². The number of imide groups is 1. The molecule has 0 aliphatic rings. The maximum atomic E-state index is 13.4. The summed E-state index contributed by atoms with van der Waals surface area (Å²) in [6, 6.07) is 1.08. The second-order valence-electron chi connectivity index (χ2n) is 3.68. The van der Waals surface area contributed by atoms with Crippen molar-refractivity contribution in [3.05, 3.63) is 29.6 Å². The van der Waals surface area contributed by atoms with Crippen LogP contribution in [0.25, 0.3) is 0 Å². The lowest BCUT2D eigenvalue weighted by molar-refractivity contribution is -0.123. The zero-order chi connectivity index (χ0) is 16.2. The predicted octanol–water partition coefficient (Wildman–Crippen LogP) is -1.18. The van der Waals surface area contributed by atoms with Gasteiger partial charge in [0.1, 0.15) is 5.82 Å². The van der Waals surface area contributed by atoms with Gasteiger partial charge in [0.05, 0.1) is 10.5 Å². The molecule has 0 fully saturated rings. The Kier molecular flexibility index (Phi) is 4.94. The minimum atomic E-state index is -4.14. The number of halogens is 1. The smallest absolute Gasteiger partial charge is 0.341 e. The summed E-state index contributed by atoms with van der Waals surface area (Å²) in [5, 5.41) is 6.45. The van der Waals surface area contributed by atoms with Gasteiger partial charge >= 0.3 is 12.0 Å². The Bertz CT molecular complexity index is 703. The number of amides is 3. The standard InChI is InChI=1S/C10H10FN3O6S/c11-7-2-1-5(21(13,18)19)3-6(7)9(16)20-4-8(15)14-10(12)17/h1-3H,4H2,(H2,13,18,19)(H3,12,14,15,17). The lowest BCUT2D eigenvalue weighted by Crippen LogP contribution is -2.37. The van der Waals surface area contributed by atoms with Crippen LogP contribution in [0, 0.1) is 5.82 Å². The molecular weight excluding hydrogens is 309 g/mol. The van der Waals surface area contributed by atoms with Crippen molar-refractivity contribution in [3.8, 4) is 0 Å². The number of primary sulfonamides is 1. The molecule has 0 saturated heterocycles. The molecule has 0 unspecified atom stereocenters. The summed E-state index contributed by atoms with van der Waals surface area (Å²) >= 11 is 0. The Morgan fingerprint density at radius 1 is 1.29 bits per heavy atom. The number of nitrogens with two attached hydrogens (primary N) is 2. The number of carbonyl (C=O) groups is 3. The highest BCUT2D eigenvalue weighted by molar-refractivity contribution is 7.89. The SMILES string of the molecule is NC(=O)NC(=O)COC(=O)c1cc(S(N)(=O)=O)ccc1F. The van der Waals surface area contributed by atoms with Crippen molar-refractivity contribution in [2.75, 3.05) is 6.61 Å². The summed E-state index contributed by atoms with van der Waals surface area (Å²) in [7, 11) is -4.14. The first-order valence-electron chi connectivity index (χ1n) is 5.20. The van der Waals surface area contributed by atoms with Crippen LogP contribution in [-0.2, 0) is 19.6 Å². The molecule has 1 aromatic carbocycles. The topological polar surface area (TPSA) is 159 Å². The third kappa shape index (κ3) is 4.81. The van der Waals surface area contributed by atoms with E-state index in [0.29, 0.717) is 12.1 Å². The normalized spacial score (nSPS) is 10.8. The summed E-state index contributed by atoms with van der Waals surface area (Å²) in [6.45, 7) is -0.902. The fourth-order valence-corrected chi connectivity index (χ4v) is 1.76. The summed E-state index contributed by atoms with van der Waals surface area (Å²) in [4.78, 5) is 32.4. The van der Waals surface area contributed by atoms with Gasteiger partial charge in [-0.15, -0.1) is 0 Å². The molecule has 3 amide bonds. The van der Waals surface area contributed by atoms with Gasteiger partial charge in [-0.25, -0.2) is 27.5 Å². The van der Waals surface area contributed by atoms with E-state index in [4.69, 9.17) is 5.14 Å². The molecule has 0 atom stereocenters. The summed E-state index contributed by atoms with van der Waals surface area (Å²) in [6.07, 6.45) is 0. The predicted molar refractivity (Wildman–Crippen MR) is 65.8 cm³/mol. The first-order chi connectivity index (χ1) is 9.61. The fourth-order valence-electron chi connectivity index (χ4n) is 1.22. The van der Waals surface area contributed by atoms with E-state index in [2.05, 4.69) is 10.5 Å². The van der Waals surface area contributed by atoms with Gasteiger partial charge in [0.15, 0.2) is 6.61 Å². The van der Waals surface area contributed by atoms with Crippen molar-refractivity contribution in [1.29, 1.82) is 0 Å². The van der Waals surface area contributed by atoms with E-state index in [1.807, 2.05) is 0 Å². The van der Waals surface area contributed by atoms with Gasteiger partial charge in [-0.3, -0.25) is 10.1 Å². The number of esters is 1. The largest absolute Gasteiger partial charge is 0.452 e. The summed E-state index contributed by atoms with van der Waals surface area (Å²) in [5.74, 6) is -3.40. The quantitative estimate of drug-likeness (QED) is 0.593. The molecule has 0 spiro atoms. The highest BCUT2D eigenvalue weighted by atomic mass is 32.2.